The topological polar surface area (TPSA) is 53.1 Å². The van der Waals surface area contributed by atoms with Crippen LogP contribution in [0.5, 0.6) is 5.75 Å². The van der Waals surface area contributed by atoms with Crippen molar-refractivity contribution in [2.75, 3.05) is 0 Å². The van der Waals surface area contributed by atoms with E-state index in [9.17, 15) is 4.39 Å². The standard InChI is InChI=1S/C11H12FN3O/c1-8(13)16-11-6-14-15(7-11)10-4-2-9(12)3-5-10/h2-8H,13H2,1H3. The van der Waals surface area contributed by atoms with E-state index in [1.165, 1.54) is 12.1 Å². The number of nitrogens with two attached hydrogens (primary N) is 1. The summed E-state index contributed by atoms with van der Waals surface area (Å²) in [5.41, 5.74) is 6.25. The van der Waals surface area contributed by atoms with Crippen LogP contribution in [0.25, 0.3) is 5.69 Å². The van der Waals surface area contributed by atoms with Crippen LogP contribution in [0.2, 0.25) is 0 Å². The molecule has 0 bridgehead atoms. The Morgan fingerprint density at radius 2 is 2.06 bits per heavy atom. The molecule has 84 valence electrons. The van der Waals surface area contributed by atoms with Gasteiger partial charge in [-0.15, -0.1) is 0 Å². The molecule has 0 aliphatic carbocycles. The number of benzene rings is 1. The Bertz CT molecular complexity index is 464. The lowest BCUT2D eigenvalue weighted by molar-refractivity contribution is 0.230. The first-order valence-electron chi connectivity index (χ1n) is 4.88. The monoisotopic (exact) mass is 221 g/mol. The molecule has 0 aliphatic heterocycles. The molecule has 0 spiro atoms. The van der Waals surface area contributed by atoms with Crippen molar-refractivity contribution in [3.05, 3.63) is 42.5 Å². The molecular formula is C11H12FN3O. The number of hydrogen-bond donors (Lipinski definition) is 1. The smallest absolute Gasteiger partial charge is 0.160 e. The fourth-order valence-corrected chi connectivity index (χ4v) is 1.32. The normalized spacial score (nSPS) is 12.4. The van der Waals surface area contributed by atoms with Crippen LogP contribution in [0.4, 0.5) is 4.39 Å². The Morgan fingerprint density at radius 3 is 2.69 bits per heavy atom. The first-order chi connectivity index (χ1) is 7.65. The highest BCUT2D eigenvalue weighted by atomic mass is 19.1. The van der Waals surface area contributed by atoms with Crippen LogP contribution in [0.3, 0.4) is 0 Å². The zero-order chi connectivity index (χ0) is 11.5. The number of nitrogens with zero attached hydrogens (tertiary/aromatic N) is 2. The average molecular weight is 221 g/mol. The number of halogens is 1. The van der Waals surface area contributed by atoms with E-state index in [0.717, 1.165) is 5.69 Å². The minimum absolute atomic E-state index is 0.275. The second-order valence-electron chi connectivity index (χ2n) is 3.42. The highest BCUT2D eigenvalue weighted by Gasteiger charge is 2.03. The fourth-order valence-electron chi connectivity index (χ4n) is 1.32. The molecule has 1 unspecified atom stereocenters. The molecule has 1 atom stereocenters. The highest BCUT2D eigenvalue weighted by molar-refractivity contribution is 5.32. The molecule has 2 N–H and O–H groups in total. The molecule has 1 heterocycles. The van der Waals surface area contributed by atoms with Gasteiger partial charge in [-0.1, -0.05) is 0 Å². The molecule has 16 heavy (non-hydrogen) atoms. The summed E-state index contributed by atoms with van der Waals surface area (Å²) in [5, 5.41) is 4.08. The SMILES string of the molecule is CC(N)Oc1cnn(-c2ccc(F)cc2)c1. The summed E-state index contributed by atoms with van der Waals surface area (Å²) in [6, 6.07) is 6.03. The maximum atomic E-state index is 12.7. The quantitative estimate of drug-likeness (QED) is 0.802. The van der Waals surface area contributed by atoms with Crippen molar-refractivity contribution in [1.82, 2.24) is 9.78 Å². The van der Waals surface area contributed by atoms with Gasteiger partial charge in [-0.25, -0.2) is 9.07 Å². The lowest BCUT2D eigenvalue weighted by atomic mass is 10.3. The number of hydrogen-bond acceptors (Lipinski definition) is 3. The van der Waals surface area contributed by atoms with Crippen molar-refractivity contribution < 1.29 is 9.13 Å². The summed E-state index contributed by atoms with van der Waals surface area (Å²) in [4.78, 5) is 0. The van der Waals surface area contributed by atoms with Crippen molar-refractivity contribution in [3.63, 3.8) is 0 Å². The van der Waals surface area contributed by atoms with Crippen LogP contribution in [0.15, 0.2) is 36.7 Å². The zero-order valence-corrected chi connectivity index (χ0v) is 8.80. The molecule has 5 heteroatoms. The van der Waals surface area contributed by atoms with Crippen LogP contribution in [0.1, 0.15) is 6.92 Å². The van der Waals surface area contributed by atoms with E-state index < -0.39 is 0 Å². The molecule has 0 saturated heterocycles. The molecule has 2 aromatic rings. The van der Waals surface area contributed by atoms with E-state index in [4.69, 9.17) is 10.5 Å². The Labute approximate surface area is 92.4 Å². The molecule has 0 amide bonds. The van der Waals surface area contributed by atoms with Gasteiger partial charge < -0.3 is 4.74 Å². The van der Waals surface area contributed by atoms with Crippen molar-refractivity contribution in [2.45, 2.75) is 13.2 Å². The Kier molecular flexibility index (Phi) is 2.87. The lowest BCUT2D eigenvalue weighted by Crippen LogP contribution is -2.22. The summed E-state index contributed by atoms with van der Waals surface area (Å²) in [5.74, 6) is 0.308. The van der Waals surface area contributed by atoms with Gasteiger partial charge in [-0.05, 0) is 31.2 Å². The van der Waals surface area contributed by atoms with E-state index in [1.54, 1.807) is 36.1 Å². The Hall–Kier alpha value is -1.88. The van der Waals surface area contributed by atoms with Gasteiger partial charge in [0.1, 0.15) is 12.0 Å². The maximum Gasteiger partial charge on any atom is 0.160 e. The molecule has 4 nitrogen and oxygen atoms in total. The molecule has 0 radical (unpaired) electrons. The largest absolute Gasteiger partial charge is 0.473 e. The molecule has 1 aromatic carbocycles. The first-order valence-corrected chi connectivity index (χ1v) is 4.88. The van der Waals surface area contributed by atoms with Gasteiger partial charge in [-0.2, -0.15) is 5.10 Å². The number of ether oxygens (including phenoxy) is 1. The van der Waals surface area contributed by atoms with Gasteiger partial charge in [0.05, 0.1) is 18.1 Å². The summed E-state index contributed by atoms with van der Waals surface area (Å²) in [6.07, 6.45) is 2.87. The van der Waals surface area contributed by atoms with Crippen molar-refractivity contribution in [2.24, 2.45) is 5.73 Å². The van der Waals surface area contributed by atoms with E-state index in [-0.39, 0.29) is 12.0 Å². The van der Waals surface area contributed by atoms with Gasteiger partial charge in [0.2, 0.25) is 0 Å². The molecule has 0 saturated carbocycles. The van der Waals surface area contributed by atoms with Crippen LogP contribution in [0, 0.1) is 5.82 Å². The Morgan fingerprint density at radius 1 is 1.38 bits per heavy atom. The van der Waals surface area contributed by atoms with Gasteiger partial charge >= 0.3 is 0 Å². The lowest BCUT2D eigenvalue weighted by Gasteiger charge is -2.05. The van der Waals surface area contributed by atoms with Crippen molar-refractivity contribution in [1.29, 1.82) is 0 Å². The summed E-state index contributed by atoms with van der Waals surface area (Å²) in [6.45, 7) is 1.73. The maximum absolute atomic E-state index is 12.7. The third-order valence-corrected chi connectivity index (χ3v) is 1.97. The van der Waals surface area contributed by atoms with Crippen LogP contribution >= 0.6 is 0 Å². The molecule has 0 aliphatic rings. The van der Waals surface area contributed by atoms with Gasteiger partial charge in [0.15, 0.2) is 5.75 Å². The second kappa shape index (κ2) is 4.32. The minimum atomic E-state index is -0.383. The first kappa shape index (κ1) is 10.6. The third kappa shape index (κ3) is 2.38. The number of rotatable bonds is 3. The highest BCUT2D eigenvalue weighted by Crippen LogP contribution is 2.14. The van der Waals surface area contributed by atoms with Crippen molar-refractivity contribution >= 4 is 0 Å². The van der Waals surface area contributed by atoms with E-state index >= 15 is 0 Å². The summed E-state index contributed by atoms with van der Waals surface area (Å²) >= 11 is 0. The Balaban J connectivity index is 2.21. The molecule has 1 aromatic heterocycles. The van der Waals surface area contributed by atoms with Gasteiger partial charge in [-0.3, -0.25) is 5.73 Å². The average Bonchev–Trinajstić information content (AvgIpc) is 2.66. The second-order valence-corrected chi connectivity index (χ2v) is 3.42. The van der Waals surface area contributed by atoms with Crippen molar-refractivity contribution in [3.8, 4) is 11.4 Å². The van der Waals surface area contributed by atoms with E-state index in [1.807, 2.05) is 0 Å². The molecular weight excluding hydrogens is 209 g/mol. The predicted octanol–water partition coefficient (Wildman–Crippen LogP) is 1.69. The van der Waals surface area contributed by atoms with Gasteiger partial charge in [0, 0.05) is 0 Å². The molecule has 0 fully saturated rings. The van der Waals surface area contributed by atoms with Crippen LogP contribution < -0.4 is 10.5 Å². The van der Waals surface area contributed by atoms with Crippen LogP contribution in [-0.4, -0.2) is 16.0 Å². The minimum Gasteiger partial charge on any atom is -0.473 e. The van der Waals surface area contributed by atoms with E-state index in [2.05, 4.69) is 5.10 Å². The molecule has 2 rings (SSSR count). The van der Waals surface area contributed by atoms with E-state index in [0.29, 0.717) is 5.75 Å². The third-order valence-electron chi connectivity index (χ3n) is 1.97. The summed E-state index contributed by atoms with van der Waals surface area (Å²) in [7, 11) is 0. The number of aromatic nitrogens is 2. The van der Waals surface area contributed by atoms with Gasteiger partial charge in [0.25, 0.3) is 0 Å². The zero-order valence-electron chi connectivity index (χ0n) is 8.80. The van der Waals surface area contributed by atoms with Crippen LogP contribution in [-0.2, 0) is 0 Å². The predicted molar refractivity (Wildman–Crippen MR) is 57.8 cm³/mol. The summed E-state index contributed by atoms with van der Waals surface area (Å²) < 4.78 is 19.6. The fraction of sp³-hybridized carbons (Fsp3) is 0.182.